The molecule has 1 aromatic rings. The van der Waals surface area contributed by atoms with Crippen molar-refractivity contribution in [2.45, 2.75) is 13.8 Å². The first-order chi connectivity index (χ1) is 8.56. The minimum Gasteiger partial charge on any atom is -0.325 e. The zero-order valence-electron chi connectivity index (χ0n) is 10.3. The summed E-state index contributed by atoms with van der Waals surface area (Å²) in [5.74, 6) is -0.594. The molecule has 4 heteroatoms. The molecule has 0 saturated carbocycles. The molecule has 1 aromatic carbocycles. The van der Waals surface area contributed by atoms with Gasteiger partial charge in [-0.25, -0.2) is 4.99 Å². The Labute approximate surface area is 112 Å². The quantitative estimate of drug-likeness (QED) is 0.829. The minimum absolute atomic E-state index is 0.141. The number of rotatable bonds is 2. The average Bonchev–Trinajstić information content (AvgIpc) is 2.27. The predicted molar refractivity (Wildman–Crippen MR) is 78.3 cm³/mol. The third kappa shape index (κ3) is 2.90. The predicted octanol–water partition coefficient (Wildman–Crippen LogP) is 2.83. The van der Waals surface area contributed by atoms with Crippen LogP contribution in [0.15, 0.2) is 35.3 Å². The molecule has 1 heterocycles. The Morgan fingerprint density at radius 2 is 1.94 bits per heavy atom. The van der Waals surface area contributed by atoms with Crippen LogP contribution in [0.3, 0.4) is 0 Å². The normalized spacial score (nSPS) is 17.9. The maximum Gasteiger partial charge on any atom is 0.238 e. The highest BCUT2D eigenvalue weighted by molar-refractivity contribution is 7.80. The monoisotopic (exact) mass is 258 g/mol. The number of carbonyl (C=O) groups excluding carboxylic acids is 1. The summed E-state index contributed by atoms with van der Waals surface area (Å²) >= 11 is 5.06. The van der Waals surface area contributed by atoms with E-state index >= 15 is 0 Å². The van der Waals surface area contributed by atoms with Gasteiger partial charge in [-0.15, -0.1) is 0 Å². The first-order valence-corrected chi connectivity index (χ1v) is 6.11. The molecule has 0 spiro atoms. The van der Waals surface area contributed by atoms with Crippen LogP contribution in [0.2, 0.25) is 0 Å². The highest BCUT2D eigenvalue weighted by Crippen LogP contribution is 2.16. The van der Waals surface area contributed by atoms with E-state index in [1.54, 1.807) is 18.4 Å². The Kier molecular flexibility index (Phi) is 3.67. The van der Waals surface area contributed by atoms with Crippen molar-refractivity contribution in [2.75, 3.05) is 5.32 Å². The molecule has 2 rings (SSSR count). The largest absolute Gasteiger partial charge is 0.325 e. The van der Waals surface area contributed by atoms with E-state index in [1.165, 1.54) is 0 Å². The lowest BCUT2D eigenvalue weighted by molar-refractivity contribution is -0.116. The third-order valence-corrected chi connectivity index (χ3v) is 2.99. The number of allylic oxidation sites excluding steroid dienone is 1. The molecule has 0 bridgehead atoms. The second-order valence-corrected chi connectivity index (χ2v) is 4.76. The van der Waals surface area contributed by atoms with E-state index in [9.17, 15) is 4.79 Å². The van der Waals surface area contributed by atoms with Crippen molar-refractivity contribution in [3.8, 4) is 0 Å². The molecular formula is C14H14N2OS. The van der Waals surface area contributed by atoms with Gasteiger partial charge >= 0.3 is 0 Å². The van der Waals surface area contributed by atoms with Gasteiger partial charge in [0.05, 0.1) is 0 Å². The third-order valence-electron chi connectivity index (χ3n) is 2.63. The molecule has 0 saturated heterocycles. The molecule has 1 atom stereocenters. The molecule has 1 aliphatic heterocycles. The van der Waals surface area contributed by atoms with Gasteiger partial charge in [0.2, 0.25) is 5.91 Å². The van der Waals surface area contributed by atoms with E-state index in [-0.39, 0.29) is 5.91 Å². The fourth-order valence-electron chi connectivity index (χ4n) is 1.91. The molecular weight excluding hydrogens is 244 g/mol. The topological polar surface area (TPSA) is 41.5 Å². The van der Waals surface area contributed by atoms with Gasteiger partial charge in [-0.2, -0.15) is 0 Å². The van der Waals surface area contributed by atoms with Crippen LogP contribution >= 0.6 is 12.2 Å². The number of carbonyl (C=O) groups is 1. The number of benzene rings is 1. The van der Waals surface area contributed by atoms with Crippen molar-refractivity contribution in [1.82, 2.24) is 0 Å². The van der Waals surface area contributed by atoms with Crippen LogP contribution < -0.4 is 5.32 Å². The number of aliphatic imine (C=N–C) groups is 1. The molecule has 0 aromatic heterocycles. The Morgan fingerprint density at radius 1 is 1.28 bits per heavy atom. The molecule has 1 amide bonds. The SMILES string of the molecule is Cc1cc(C)cc(NC(=O)C2C=CC=NC2=S)c1. The molecule has 18 heavy (non-hydrogen) atoms. The number of hydrogen-bond acceptors (Lipinski definition) is 2. The van der Waals surface area contributed by atoms with Crippen LogP contribution in [0, 0.1) is 19.8 Å². The van der Waals surface area contributed by atoms with E-state index < -0.39 is 5.92 Å². The number of dihydropyridines is 1. The molecule has 1 unspecified atom stereocenters. The fraction of sp³-hybridized carbons (Fsp3) is 0.214. The standard InChI is InChI=1S/C14H14N2OS/c1-9-6-10(2)8-11(7-9)16-13(17)12-4-3-5-15-14(12)18/h3-8,12H,1-2H3,(H,16,17). The van der Waals surface area contributed by atoms with Crippen LogP contribution in [0.25, 0.3) is 0 Å². The average molecular weight is 258 g/mol. The number of thiocarbonyl (C=S) groups is 1. The van der Waals surface area contributed by atoms with Crippen molar-refractivity contribution >= 4 is 35.0 Å². The van der Waals surface area contributed by atoms with Crippen molar-refractivity contribution in [3.63, 3.8) is 0 Å². The summed E-state index contributed by atoms with van der Waals surface area (Å²) in [5, 5.41) is 2.87. The number of nitrogens with one attached hydrogen (secondary N) is 1. The molecule has 3 nitrogen and oxygen atoms in total. The zero-order chi connectivity index (χ0) is 13.1. The second-order valence-electron chi connectivity index (χ2n) is 4.34. The molecule has 1 N–H and O–H groups in total. The van der Waals surface area contributed by atoms with Crippen LogP contribution in [0.1, 0.15) is 11.1 Å². The first kappa shape index (κ1) is 12.6. The Bertz CT molecular complexity index is 541. The van der Waals surface area contributed by atoms with Gasteiger partial charge < -0.3 is 5.32 Å². The van der Waals surface area contributed by atoms with E-state index in [2.05, 4.69) is 16.4 Å². The zero-order valence-corrected chi connectivity index (χ0v) is 11.1. The molecule has 92 valence electrons. The van der Waals surface area contributed by atoms with Crippen molar-refractivity contribution < 1.29 is 4.79 Å². The minimum atomic E-state index is -0.453. The molecule has 0 radical (unpaired) electrons. The van der Waals surface area contributed by atoms with Gasteiger partial charge in [0.25, 0.3) is 0 Å². The molecule has 0 fully saturated rings. The van der Waals surface area contributed by atoms with Crippen molar-refractivity contribution in [2.24, 2.45) is 10.9 Å². The van der Waals surface area contributed by atoms with E-state index in [0.717, 1.165) is 16.8 Å². The van der Waals surface area contributed by atoms with Gasteiger partial charge in [-0.1, -0.05) is 24.4 Å². The summed E-state index contributed by atoms with van der Waals surface area (Å²) in [4.78, 5) is 16.4. The van der Waals surface area contributed by atoms with Crippen LogP contribution in [0.4, 0.5) is 5.69 Å². The molecule has 1 aliphatic rings. The lowest BCUT2D eigenvalue weighted by Crippen LogP contribution is -2.27. The highest BCUT2D eigenvalue weighted by Gasteiger charge is 2.21. The number of aryl methyl sites for hydroxylation is 2. The Balaban J connectivity index is 2.14. The van der Waals surface area contributed by atoms with E-state index in [1.807, 2.05) is 26.0 Å². The maximum absolute atomic E-state index is 12.1. The summed E-state index contributed by atoms with van der Waals surface area (Å²) < 4.78 is 0. The lowest BCUT2D eigenvalue weighted by Gasteiger charge is -2.14. The van der Waals surface area contributed by atoms with Crippen LogP contribution in [-0.2, 0) is 4.79 Å². The van der Waals surface area contributed by atoms with Gasteiger partial charge in [0, 0.05) is 11.9 Å². The highest BCUT2D eigenvalue weighted by atomic mass is 32.1. The van der Waals surface area contributed by atoms with Crippen molar-refractivity contribution in [3.05, 3.63) is 41.5 Å². The number of nitrogens with zero attached hydrogens (tertiary/aromatic N) is 1. The Morgan fingerprint density at radius 3 is 2.56 bits per heavy atom. The summed E-state index contributed by atoms with van der Waals surface area (Å²) in [6, 6.07) is 5.93. The lowest BCUT2D eigenvalue weighted by atomic mass is 10.1. The maximum atomic E-state index is 12.1. The van der Waals surface area contributed by atoms with Crippen LogP contribution in [0.5, 0.6) is 0 Å². The second kappa shape index (κ2) is 5.23. The van der Waals surface area contributed by atoms with Gasteiger partial charge in [-0.05, 0) is 43.2 Å². The summed E-state index contributed by atoms with van der Waals surface area (Å²) in [7, 11) is 0. The van der Waals surface area contributed by atoms with Gasteiger partial charge in [0.1, 0.15) is 10.9 Å². The van der Waals surface area contributed by atoms with E-state index in [4.69, 9.17) is 12.2 Å². The molecule has 0 aliphatic carbocycles. The van der Waals surface area contributed by atoms with E-state index in [0.29, 0.717) is 4.99 Å². The van der Waals surface area contributed by atoms with Crippen molar-refractivity contribution in [1.29, 1.82) is 0 Å². The number of amides is 1. The van der Waals surface area contributed by atoms with Gasteiger partial charge in [0.15, 0.2) is 0 Å². The Hall–Kier alpha value is -1.81. The van der Waals surface area contributed by atoms with Crippen LogP contribution in [-0.4, -0.2) is 17.1 Å². The van der Waals surface area contributed by atoms with Gasteiger partial charge in [-0.3, -0.25) is 4.79 Å². The summed E-state index contributed by atoms with van der Waals surface area (Å²) in [6.07, 6.45) is 5.10. The first-order valence-electron chi connectivity index (χ1n) is 5.70. The smallest absolute Gasteiger partial charge is 0.238 e. The number of hydrogen-bond donors (Lipinski definition) is 1. The summed E-state index contributed by atoms with van der Waals surface area (Å²) in [6.45, 7) is 4.00. The summed E-state index contributed by atoms with van der Waals surface area (Å²) in [5.41, 5.74) is 3.03. The fourth-order valence-corrected chi connectivity index (χ4v) is 2.15. The number of anilines is 1.